The number of aliphatic hydroxyl groups is 1. The van der Waals surface area contributed by atoms with E-state index in [4.69, 9.17) is 10.5 Å². The van der Waals surface area contributed by atoms with Gasteiger partial charge < -0.3 is 15.6 Å². The Labute approximate surface area is 80.3 Å². The lowest BCUT2D eigenvalue weighted by molar-refractivity contribution is -0.0473. The molecule has 0 bridgehead atoms. The van der Waals surface area contributed by atoms with E-state index in [-0.39, 0.29) is 11.8 Å². The lowest BCUT2D eigenvalue weighted by Crippen LogP contribution is -2.47. The second-order valence-electron chi connectivity index (χ2n) is 4.13. The monoisotopic (exact) mass is 187 g/mol. The van der Waals surface area contributed by atoms with Gasteiger partial charge in [-0.3, -0.25) is 0 Å². The molecule has 3 N–H and O–H groups in total. The molecule has 1 rings (SSSR count). The van der Waals surface area contributed by atoms with E-state index in [1.54, 1.807) is 0 Å². The lowest BCUT2D eigenvalue weighted by atomic mass is 9.78. The predicted octanol–water partition coefficient (Wildman–Crippen LogP) is 0.759. The van der Waals surface area contributed by atoms with Crippen molar-refractivity contribution in [3.63, 3.8) is 0 Å². The largest absolute Gasteiger partial charge is 0.387 e. The van der Waals surface area contributed by atoms with Gasteiger partial charge in [-0.05, 0) is 13.0 Å². The summed E-state index contributed by atoms with van der Waals surface area (Å²) in [5, 5.41) is 10.3. The Kier molecular flexibility index (Phi) is 3.71. The molecule has 3 unspecified atom stereocenters. The summed E-state index contributed by atoms with van der Waals surface area (Å²) in [4.78, 5) is 0. The van der Waals surface area contributed by atoms with Crippen LogP contribution in [-0.4, -0.2) is 30.5 Å². The van der Waals surface area contributed by atoms with E-state index in [1.807, 2.05) is 6.92 Å². The smallest absolute Gasteiger partial charge is 0.0967 e. The van der Waals surface area contributed by atoms with Gasteiger partial charge in [-0.25, -0.2) is 0 Å². The van der Waals surface area contributed by atoms with Gasteiger partial charge in [0.2, 0.25) is 0 Å². The average molecular weight is 187 g/mol. The van der Waals surface area contributed by atoms with Crippen molar-refractivity contribution in [1.29, 1.82) is 0 Å². The highest BCUT2D eigenvalue weighted by molar-refractivity contribution is 4.94. The molecule has 0 aromatic heterocycles. The van der Waals surface area contributed by atoms with E-state index >= 15 is 0 Å². The first-order valence-corrected chi connectivity index (χ1v) is 5.15. The van der Waals surface area contributed by atoms with Gasteiger partial charge in [0.1, 0.15) is 0 Å². The maximum Gasteiger partial charge on any atom is 0.0967 e. The van der Waals surface area contributed by atoms with Gasteiger partial charge in [0, 0.05) is 11.8 Å². The first-order valence-electron chi connectivity index (χ1n) is 5.15. The molecule has 1 fully saturated rings. The maximum absolute atomic E-state index is 10.3. The van der Waals surface area contributed by atoms with Gasteiger partial charge in [0.05, 0.1) is 18.8 Å². The summed E-state index contributed by atoms with van der Waals surface area (Å²) in [6.45, 7) is 5.82. The van der Waals surface area contributed by atoms with Crippen molar-refractivity contribution in [3.8, 4) is 0 Å². The van der Waals surface area contributed by atoms with Crippen molar-refractivity contribution >= 4 is 0 Å². The van der Waals surface area contributed by atoms with Crippen LogP contribution in [0.4, 0.5) is 0 Å². The van der Waals surface area contributed by atoms with Gasteiger partial charge in [-0.1, -0.05) is 20.3 Å². The topological polar surface area (TPSA) is 55.5 Å². The molecule has 1 aliphatic heterocycles. The van der Waals surface area contributed by atoms with Crippen molar-refractivity contribution in [2.24, 2.45) is 17.6 Å². The van der Waals surface area contributed by atoms with E-state index in [1.165, 1.54) is 0 Å². The van der Waals surface area contributed by atoms with Gasteiger partial charge in [0.15, 0.2) is 0 Å². The molecular weight excluding hydrogens is 166 g/mol. The summed E-state index contributed by atoms with van der Waals surface area (Å²) >= 11 is 0. The van der Waals surface area contributed by atoms with E-state index in [2.05, 4.69) is 6.92 Å². The fourth-order valence-electron chi connectivity index (χ4n) is 2.13. The fraction of sp³-hybridized carbons (Fsp3) is 1.00. The second kappa shape index (κ2) is 4.40. The molecule has 1 aliphatic rings. The number of nitrogens with two attached hydrogens (primary N) is 1. The highest BCUT2D eigenvalue weighted by Crippen LogP contribution is 2.34. The Bertz CT molecular complexity index is 163. The summed E-state index contributed by atoms with van der Waals surface area (Å²) in [5.74, 6) is 0.405. The molecule has 0 aromatic carbocycles. The van der Waals surface area contributed by atoms with Crippen molar-refractivity contribution in [3.05, 3.63) is 0 Å². The second-order valence-corrected chi connectivity index (χ2v) is 4.13. The average Bonchev–Trinajstić information content (AvgIpc) is 2.44. The molecule has 3 nitrogen and oxygen atoms in total. The molecule has 0 aliphatic carbocycles. The third kappa shape index (κ3) is 2.03. The normalized spacial score (nSPS) is 36.5. The summed E-state index contributed by atoms with van der Waals surface area (Å²) in [7, 11) is 0. The van der Waals surface area contributed by atoms with Crippen molar-refractivity contribution in [2.45, 2.75) is 32.3 Å². The molecule has 3 heteroatoms. The molecule has 0 radical (unpaired) electrons. The Balaban J connectivity index is 2.64. The van der Waals surface area contributed by atoms with Crippen molar-refractivity contribution in [2.75, 3.05) is 19.8 Å². The Morgan fingerprint density at radius 2 is 2.38 bits per heavy atom. The highest BCUT2D eigenvalue weighted by atomic mass is 16.5. The minimum atomic E-state index is -0.676. The Morgan fingerprint density at radius 3 is 2.77 bits per heavy atom. The molecule has 13 heavy (non-hydrogen) atoms. The highest BCUT2D eigenvalue weighted by Gasteiger charge is 2.44. The minimum absolute atomic E-state index is 0.190. The number of hydrogen-bond donors (Lipinski definition) is 2. The maximum atomic E-state index is 10.3. The molecule has 1 heterocycles. The molecular formula is C10H21NO2. The molecule has 0 aromatic rings. The standard InChI is InChI=1S/C10H21NO2/c1-3-4-9(5-11)10(12)7-13-6-8(10)2/h8-9,12H,3-7,11H2,1-2H3. The van der Waals surface area contributed by atoms with Crippen LogP contribution in [0, 0.1) is 11.8 Å². The van der Waals surface area contributed by atoms with Crippen LogP contribution in [0.5, 0.6) is 0 Å². The molecule has 1 saturated heterocycles. The Hall–Kier alpha value is -0.120. The lowest BCUT2D eigenvalue weighted by Gasteiger charge is -2.34. The van der Waals surface area contributed by atoms with E-state index < -0.39 is 5.60 Å². The van der Waals surface area contributed by atoms with E-state index in [0.717, 1.165) is 12.8 Å². The van der Waals surface area contributed by atoms with Gasteiger partial charge in [0.25, 0.3) is 0 Å². The van der Waals surface area contributed by atoms with E-state index in [0.29, 0.717) is 19.8 Å². The summed E-state index contributed by atoms with van der Waals surface area (Å²) in [6.07, 6.45) is 2.05. The first kappa shape index (κ1) is 11.0. The number of ether oxygens (including phenoxy) is 1. The first-order chi connectivity index (χ1) is 6.15. The molecule has 0 spiro atoms. The zero-order chi connectivity index (χ0) is 9.90. The molecule has 0 saturated carbocycles. The van der Waals surface area contributed by atoms with Crippen LogP contribution in [-0.2, 0) is 4.74 Å². The van der Waals surface area contributed by atoms with Gasteiger partial charge >= 0.3 is 0 Å². The molecule has 0 amide bonds. The summed E-state index contributed by atoms with van der Waals surface area (Å²) in [6, 6.07) is 0. The molecule has 3 atom stereocenters. The summed E-state index contributed by atoms with van der Waals surface area (Å²) < 4.78 is 5.30. The Morgan fingerprint density at radius 1 is 1.69 bits per heavy atom. The quantitative estimate of drug-likeness (QED) is 0.683. The van der Waals surface area contributed by atoms with Gasteiger partial charge in [-0.2, -0.15) is 0 Å². The van der Waals surface area contributed by atoms with Crippen LogP contribution in [0.2, 0.25) is 0 Å². The minimum Gasteiger partial charge on any atom is -0.387 e. The van der Waals surface area contributed by atoms with Crippen LogP contribution in [0.1, 0.15) is 26.7 Å². The summed E-state index contributed by atoms with van der Waals surface area (Å²) in [5.41, 5.74) is 4.99. The third-order valence-electron chi connectivity index (χ3n) is 3.18. The van der Waals surface area contributed by atoms with Crippen LogP contribution < -0.4 is 5.73 Å². The zero-order valence-electron chi connectivity index (χ0n) is 8.62. The predicted molar refractivity (Wildman–Crippen MR) is 52.4 cm³/mol. The number of hydrogen-bond acceptors (Lipinski definition) is 3. The van der Waals surface area contributed by atoms with Crippen LogP contribution in [0.25, 0.3) is 0 Å². The van der Waals surface area contributed by atoms with Crippen LogP contribution in [0.15, 0.2) is 0 Å². The van der Waals surface area contributed by atoms with Crippen LogP contribution in [0.3, 0.4) is 0 Å². The molecule has 78 valence electrons. The van der Waals surface area contributed by atoms with E-state index in [9.17, 15) is 5.11 Å². The van der Waals surface area contributed by atoms with Gasteiger partial charge in [-0.15, -0.1) is 0 Å². The third-order valence-corrected chi connectivity index (χ3v) is 3.18. The zero-order valence-corrected chi connectivity index (χ0v) is 8.62. The van der Waals surface area contributed by atoms with Crippen molar-refractivity contribution in [1.82, 2.24) is 0 Å². The van der Waals surface area contributed by atoms with Crippen molar-refractivity contribution < 1.29 is 9.84 Å². The SMILES string of the molecule is CCCC(CN)C1(O)COCC1C. The number of rotatable bonds is 4. The van der Waals surface area contributed by atoms with Crippen LogP contribution >= 0.6 is 0 Å². The fourth-order valence-corrected chi connectivity index (χ4v) is 2.13.